The number of carbonyl (C=O) groups is 1. The van der Waals surface area contributed by atoms with Gasteiger partial charge in [-0.25, -0.2) is 0 Å². The molecule has 0 spiro atoms. The first kappa shape index (κ1) is 22.3. The number of hydrogen-bond acceptors (Lipinski definition) is 7. The molecule has 4 rings (SSSR count). The first-order valence-corrected chi connectivity index (χ1v) is 11.1. The summed E-state index contributed by atoms with van der Waals surface area (Å²) in [5.41, 5.74) is 0.0958. The molecule has 1 fully saturated rings. The summed E-state index contributed by atoms with van der Waals surface area (Å²) >= 11 is 7.27. The summed E-state index contributed by atoms with van der Waals surface area (Å²) in [4.78, 5) is 14.6. The average Bonchev–Trinajstić information content (AvgIpc) is 3.17. The van der Waals surface area contributed by atoms with Gasteiger partial charge in [0, 0.05) is 22.9 Å². The van der Waals surface area contributed by atoms with Crippen LogP contribution in [0.4, 0.5) is 0 Å². The molecule has 0 aromatic heterocycles. The molecule has 0 radical (unpaired) electrons. The Morgan fingerprint density at radius 2 is 1.78 bits per heavy atom. The van der Waals surface area contributed by atoms with Crippen LogP contribution in [0.2, 0.25) is 5.02 Å². The maximum Gasteiger partial charge on any atom is 0.231 e. The molecule has 2 atom stereocenters. The minimum absolute atomic E-state index is 0.0154. The first-order valence-electron chi connectivity index (χ1n) is 9.76. The van der Waals surface area contributed by atoms with E-state index in [9.17, 15) is 15.2 Å². The van der Waals surface area contributed by atoms with Crippen molar-refractivity contribution in [2.24, 2.45) is 0 Å². The van der Waals surface area contributed by atoms with E-state index in [1.807, 2.05) is 0 Å². The van der Waals surface area contributed by atoms with Gasteiger partial charge in [-0.2, -0.15) is 5.26 Å². The van der Waals surface area contributed by atoms with E-state index in [4.69, 9.17) is 25.8 Å². The van der Waals surface area contributed by atoms with Gasteiger partial charge in [0.15, 0.2) is 17.2 Å². The van der Waals surface area contributed by atoms with Crippen LogP contribution in [-0.4, -0.2) is 43.0 Å². The topological polar surface area (TPSA) is 92.0 Å². The van der Waals surface area contributed by atoms with Gasteiger partial charge in [-0.1, -0.05) is 23.7 Å². The molecule has 32 heavy (non-hydrogen) atoms. The van der Waals surface area contributed by atoms with Crippen molar-refractivity contribution in [3.8, 4) is 23.3 Å². The monoisotopic (exact) mass is 472 g/mol. The number of thioether (sulfide) groups is 1. The van der Waals surface area contributed by atoms with E-state index >= 15 is 0 Å². The third-order valence-corrected chi connectivity index (χ3v) is 7.18. The van der Waals surface area contributed by atoms with E-state index in [2.05, 4.69) is 6.07 Å². The molecule has 0 aliphatic carbocycles. The number of ether oxygens (including phenoxy) is 3. The van der Waals surface area contributed by atoms with Crippen LogP contribution in [0.5, 0.6) is 17.2 Å². The highest BCUT2D eigenvalue weighted by molar-refractivity contribution is 8.03. The van der Waals surface area contributed by atoms with Gasteiger partial charge < -0.3 is 19.3 Å². The van der Waals surface area contributed by atoms with Crippen molar-refractivity contribution in [3.63, 3.8) is 0 Å². The fourth-order valence-corrected chi connectivity index (χ4v) is 5.63. The molecule has 1 N–H and O–H groups in total. The highest BCUT2D eigenvalue weighted by Crippen LogP contribution is 2.53. The molecule has 0 unspecified atom stereocenters. The third-order valence-electron chi connectivity index (χ3n) is 5.71. The molecule has 166 valence electrons. The number of aliphatic hydroxyl groups is 1. The summed E-state index contributed by atoms with van der Waals surface area (Å²) < 4.78 is 16.3. The van der Waals surface area contributed by atoms with Crippen molar-refractivity contribution in [3.05, 3.63) is 63.1 Å². The predicted molar refractivity (Wildman–Crippen MR) is 121 cm³/mol. The summed E-state index contributed by atoms with van der Waals surface area (Å²) in [7, 11) is 4.53. The van der Waals surface area contributed by atoms with Crippen molar-refractivity contribution in [2.45, 2.75) is 18.1 Å². The first-order chi connectivity index (χ1) is 15.4. The Morgan fingerprint density at radius 3 is 2.31 bits per heavy atom. The highest BCUT2D eigenvalue weighted by atomic mass is 35.5. The van der Waals surface area contributed by atoms with Gasteiger partial charge in [0.1, 0.15) is 0 Å². The van der Waals surface area contributed by atoms with E-state index < -0.39 is 11.6 Å². The lowest BCUT2D eigenvalue weighted by molar-refractivity contribution is -0.149. The number of hydrogen-bond donors (Lipinski definition) is 1. The lowest BCUT2D eigenvalue weighted by atomic mass is 9.85. The maximum atomic E-state index is 13.3. The quantitative estimate of drug-likeness (QED) is 0.702. The summed E-state index contributed by atoms with van der Waals surface area (Å²) in [5.74, 6) is 0.739. The van der Waals surface area contributed by atoms with E-state index in [0.29, 0.717) is 44.0 Å². The molecule has 0 saturated carbocycles. The van der Waals surface area contributed by atoms with Crippen LogP contribution in [0.3, 0.4) is 0 Å². The Balaban J connectivity index is 1.82. The summed E-state index contributed by atoms with van der Waals surface area (Å²) in [5, 5.41) is 22.5. The molecule has 0 bridgehead atoms. The number of nitrogens with zero attached hydrogens (tertiary/aromatic N) is 2. The molecule has 2 aromatic carbocycles. The standard InChI is InChI=1S/C23H21ClN2O5S/c1-29-18-8-13(9-19(30-2)21(18)31-3)16-10-20(27)26-22(17(16)11-25)32-12-23(26,28)14-4-6-15(24)7-5-14/h4-9,16,28H,10,12H2,1-3H3/t16-,23-/m1/s1. The number of methoxy groups -OCH3 is 3. The number of halogens is 1. The van der Waals surface area contributed by atoms with Crippen LogP contribution < -0.4 is 14.2 Å². The van der Waals surface area contributed by atoms with Crippen LogP contribution in [0.25, 0.3) is 0 Å². The third kappa shape index (κ3) is 3.47. The van der Waals surface area contributed by atoms with Crippen molar-refractivity contribution in [1.82, 2.24) is 4.90 Å². The van der Waals surface area contributed by atoms with Crippen molar-refractivity contribution < 1.29 is 24.1 Å². The average molecular weight is 473 g/mol. The zero-order valence-corrected chi connectivity index (χ0v) is 19.3. The zero-order chi connectivity index (χ0) is 23.0. The van der Waals surface area contributed by atoms with Gasteiger partial charge >= 0.3 is 0 Å². The highest BCUT2D eigenvalue weighted by Gasteiger charge is 2.52. The predicted octanol–water partition coefficient (Wildman–Crippen LogP) is 4.01. The number of fused-ring (bicyclic) bond motifs is 1. The summed E-state index contributed by atoms with van der Waals surface area (Å²) in [6.07, 6.45) is 0.0154. The van der Waals surface area contributed by atoms with E-state index in [0.717, 1.165) is 0 Å². The summed E-state index contributed by atoms with van der Waals surface area (Å²) in [6.45, 7) is 0. The zero-order valence-electron chi connectivity index (χ0n) is 17.7. The fraction of sp³-hybridized carbons (Fsp3) is 0.304. The molecule has 7 nitrogen and oxygen atoms in total. The minimum atomic E-state index is -1.55. The maximum absolute atomic E-state index is 13.3. The Hall–Kier alpha value is -2.86. The Bertz CT molecular complexity index is 1120. The van der Waals surface area contributed by atoms with E-state index in [1.165, 1.54) is 38.0 Å². The van der Waals surface area contributed by atoms with E-state index in [-0.39, 0.29) is 18.1 Å². The fourth-order valence-electron chi connectivity index (χ4n) is 4.14. The number of nitriles is 1. The van der Waals surface area contributed by atoms with E-state index in [1.54, 1.807) is 36.4 Å². The van der Waals surface area contributed by atoms with Crippen LogP contribution in [0.1, 0.15) is 23.5 Å². The number of amides is 1. The summed E-state index contributed by atoms with van der Waals surface area (Å²) in [6, 6.07) is 12.5. The minimum Gasteiger partial charge on any atom is -0.493 e. The SMILES string of the molecule is COc1cc([C@H]2CC(=O)N3C(=C2C#N)SC[C@@]3(O)c2ccc(Cl)cc2)cc(OC)c1OC. The lowest BCUT2D eigenvalue weighted by Crippen LogP contribution is -2.48. The number of allylic oxidation sites excluding steroid dienone is 1. The normalized spacial score (nSPS) is 22.4. The molecule has 2 aliphatic heterocycles. The van der Waals surface area contributed by atoms with Crippen molar-refractivity contribution >= 4 is 29.3 Å². The molecular formula is C23H21ClN2O5S. The van der Waals surface area contributed by atoms with Gasteiger partial charge in [-0.15, -0.1) is 11.8 Å². The molecule has 2 aromatic rings. The van der Waals surface area contributed by atoms with Crippen molar-refractivity contribution in [1.29, 1.82) is 5.26 Å². The Morgan fingerprint density at radius 1 is 1.16 bits per heavy atom. The largest absolute Gasteiger partial charge is 0.493 e. The number of carbonyl (C=O) groups excluding carboxylic acids is 1. The van der Waals surface area contributed by atoms with Crippen LogP contribution >= 0.6 is 23.4 Å². The van der Waals surface area contributed by atoms with Crippen molar-refractivity contribution in [2.75, 3.05) is 27.1 Å². The molecule has 1 saturated heterocycles. The van der Waals surface area contributed by atoms with Gasteiger partial charge in [0.2, 0.25) is 11.7 Å². The van der Waals surface area contributed by atoms with Gasteiger partial charge in [-0.05, 0) is 29.8 Å². The lowest BCUT2D eigenvalue weighted by Gasteiger charge is -2.38. The molecule has 2 aliphatic rings. The smallest absolute Gasteiger partial charge is 0.231 e. The van der Waals surface area contributed by atoms with Crippen LogP contribution in [0.15, 0.2) is 47.0 Å². The number of rotatable bonds is 5. The van der Waals surface area contributed by atoms with Gasteiger partial charge in [0.05, 0.1) is 43.8 Å². The second-order valence-corrected chi connectivity index (χ2v) is 8.79. The van der Waals surface area contributed by atoms with Crippen LogP contribution in [0, 0.1) is 11.3 Å². The second kappa shape index (κ2) is 8.58. The molecular weight excluding hydrogens is 452 g/mol. The molecule has 2 heterocycles. The Kier molecular flexibility index (Phi) is 5.99. The molecule has 1 amide bonds. The van der Waals surface area contributed by atoms with Gasteiger partial charge in [0.25, 0.3) is 0 Å². The molecule has 9 heteroatoms. The number of benzene rings is 2. The van der Waals surface area contributed by atoms with Crippen LogP contribution in [-0.2, 0) is 10.5 Å². The van der Waals surface area contributed by atoms with Gasteiger partial charge in [-0.3, -0.25) is 9.69 Å². The second-order valence-electron chi connectivity index (χ2n) is 7.39. The Labute approximate surface area is 195 Å².